The number of para-hydroxylation sites is 2. The van der Waals surface area contributed by atoms with Gasteiger partial charge in [0.05, 0.1) is 25.1 Å². The molecule has 110 valence electrons. The standard InChI is InChI=1S/C15H17N3O3/c1-3-21-13-7-5-4-6-11(13)17-14-10(16)8-9-12(18-14)15(19)20-2/h4-9H,3,16H2,1-2H3,(H,17,18). The van der Waals surface area contributed by atoms with Crippen LogP contribution in [0.2, 0.25) is 0 Å². The molecule has 2 rings (SSSR count). The summed E-state index contributed by atoms with van der Waals surface area (Å²) in [6.07, 6.45) is 0. The maximum Gasteiger partial charge on any atom is 0.356 e. The van der Waals surface area contributed by atoms with Crippen molar-refractivity contribution in [1.29, 1.82) is 0 Å². The highest BCUT2D eigenvalue weighted by Gasteiger charge is 2.12. The Balaban J connectivity index is 2.33. The van der Waals surface area contributed by atoms with Crippen molar-refractivity contribution < 1.29 is 14.3 Å². The Morgan fingerprint density at radius 3 is 2.76 bits per heavy atom. The van der Waals surface area contributed by atoms with E-state index in [-0.39, 0.29) is 5.69 Å². The molecule has 0 radical (unpaired) electrons. The highest BCUT2D eigenvalue weighted by molar-refractivity contribution is 5.89. The number of ether oxygens (including phenoxy) is 2. The van der Waals surface area contributed by atoms with Gasteiger partial charge in [0.2, 0.25) is 0 Å². The third kappa shape index (κ3) is 3.42. The maximum atomic E-state index is 11.5. The van der Waals surface area contributed by atoms with Crippen LogP contribution in [0.4, 0.5) is 17.2 Å². The third-order valence-corrected chi connectivity index (χ3v) is 2.76. The fraction of sp³-hybridized carbons (Fsp3) is 0.200. The molecule has 0 saturated heterocycles. The Kier molecular flexibility index (Phi) is 4.61. The van der Waals surface area contributed by atoms with E-state index in [0.29, 0.717) is 23.9 Å². The van der Waals surface area contributed by atoms with Gasteiger partial charge in [-0.3, -0.25) is 0 Å². The number of hydrogen-bond acceptors (Lipinski definition) is 6. The van der Waals surface area contributed by atoms with Crippen molar-refractivity contribution in [3.63, 3.8) is 0 Å². The zero-order chi connectivity index (χ0) is 15.2. The Morgan fingerprint density at radius 1 is 1.29 bits per heavy atom. The normalized spacial score (nSPS) is 10.0. The number of rotatable bonds is 5. The van der Waals surface area contributed by atoms with Crippen LogP contribution in [0.1, 0.15) is 17.4 Å². The molecule has 0 atom stereocenters. The van der Waals surface area contributed by atoms with Crippen LogP contribution < -0.4 is 15.8 Å². The largest absolute Gasteiger partial charge is 0.492 e. The number of esters is 1. The summed E-state index contributed by atoms with van der Waals surface area (Å²) in [5, 5.41) is 3.08. The van der Waals surface area contributed by atoms with Gasteiger partial charge in [0, 0.05) is 0 Å². The van der Waals surface area contributed by atoms with E-state index in [2.05, 4.69) is 15.0 Å². The van der Waals surface area contributed by atoms with E-state index in [1.54, 1.807) is 6.07 Å². The first-order valence-corrected chi connectivity index (χ1v) is 6.49. The number of anilines is 3. The van der Waals surface area contributed by atoms with Gasteiger partial charge in [0.15, 0.2) is 11.5 Å². The van der Waals surface area contributed by atoms with E-state index < -0.39 is 5.97 Å². The van der Waals surface area contributed by atoms with Crippen LogP contribution in [0.5, 0.6) is 5.75 Å². The molecule has 6 heteroatoms. The fourth-order valence-corrected chi connectivity index (χ4v) is 1.77. The van der Waals surface area contributed by atoms with Gasteiger partial charge in [0.25, 0.3) is 0 Å². The maximum absolute atomic E-state index is 11.5. The number of aromatic nitrogens is 1. The van der Waals surface area contributed by atoms with Crippen molar-refractivity contribution in [3.8, 4) is 5.75 Å². The Bertz CT molecular complexity index is 644. The number of methoxy groups -OCH3 is 1. The number of hydrogen-bond donors (Lipinski definition) is 2. The highest BCUT2D eigenvalue weighted by atomic mass is 16.5. The predicted molar refractivity (Wildman–Crippen MR) is 80.9 cm³/mol. The highest BCUT2D eigenvalue weighted by Crippen LogP contribution is 2.29. The minimum Gasteiger partial charge on any atom is -0.492 e. The zero-order valence-electron chi connectivity index (χ0n) is 11.9. The molecule has 0 aliphatic rings. The van der Waals surface area contributed by atoms with Crippen LogP contribution >= 0.6 is 0 Å². The minimum absolute atomic E-state index is 0.183. The number of nitrogens with two attached hydrogens (primary N) is 1. The van der Waals surface area contributed by atoms with E-state index in [0.717, 1.165) is 5.69 Å². The quantitative estimate of drug-likeness (QED) is 0.822. The Labute approximate surface area is 122 Å². The van der Waals surface area contributed by atoms with Crippen molar-refractivity contribution in [1.82, 2.24) is 4.98 Å². The number of benzene rings is 1. The second-order valence-corrected chi connectivity index (χ2v) is 4.18. The molecule has 0 aliphatic heterocycles. The lowest BCUT2D eigenvalue weighted by molar-refractivity contribution is 0.0594. The van der Waals surface area contributed by atoms with Crippen molar-refractivity contribution >= 4 is 23.2 Å². The first-order valence-electron chi connectivity index (χ1n) is 6.49. The van der Waals surface area contributed by atoms with Crippen LogP contribution in [0.15, 0.2) is 36.4 Å². The van der Waals surface area contributed by atoms with Gasteiger partial charge in [-0.05, 0) is 31.2 Å². The number of nitrogens with zero attached hydrogens (tertiary/aromatic N) is 1. The van der Waals surface area contributed by atoms with Gasteiger partial charge in [-0.25, -0.2) is 9.78 Å². The molecule has 1 aromatic heterocycles. The molecule has 21 heavy (non-hydrogen) atoms. The zero-order valence-corrected chi connectivity index (χ0v) is 11.9. The molecule has 3 N–H and O–H groups in total. The van der Waals surface area contributed by atoms with E-state index in [1.807, 2.05) is 31.2 Å². The molecule has 0 spiro atoms. The summed E-state index contributed by atoms with van der Waals surface area (Å²) in [6.45, 7) is 2.45. The number of pyridine rings is 1. The number of nitrogens with one attached hydrogen (secondary N) is 1. The topological polar surface area (TPSA) is 86.5 Å². The molecule has 2 aromatic rings. The smallest absolute Gasteiger partial charge is 0.356 e. The van der Waals surface area contributed by atoms with Crippen LogP contribution in [-0.2, 0) is 4.74 Å². The number of nitrogen functional groups attached to an aromatic ring is 1. The summed E-state index contributed by atoms with van der Waals surface area (Å²) >= 11 is 0. The molecule has 1 aromatic carbocycles. The number of carbonyl (C=O) groups is 1. The summed E-state index contributed by atoms with van der Waals surface area (Å²) in [4.78, 5) is 15.7. The molecule has 0 amide bonds. The molecule has 0 aliphatic carbocycles. The van der Waals surface area contributed by atoms with E-state index in [1.165, 1.54) is 13.2 Å². The van der Waals surface area contributed by atoms with Gasteiger partial charge in [0.1, 0.15) is 5.75 Å². The average molecular weight is 287 g/mol. The van der Waals surface area contributed by atoms with Gasteiger partial charge >= 0.3 is 5.97 Å². The van der Waals surface area contributed by atoms with E-state index >= 15 is 0 Å². The first kappa shape index (κ1) is 14.6. The van der Waals surface area contributed by atoms with Crippen LogP contribution in [0.25, 0.3) is 0 Å². The van der Waals surface area contributed by atoms with Crippen LogP contribution in [-0.4, -0.2) is 24.7 Å². The molecule has 6 nitrogen and oxygen atoms in total. The minimum atomic E-state index is -0.517. The first-order chi connectivity index (χ1) is 10.2. The Hall–Kier alpha value is -2.76. The summed E-state index contributed by atoms with van der Waals surface area (Å²) in [5.41, 5.74) is 7.22. The van der Waals surface area contributed by atoms with Gasteiger partial charge in [-0.1, -0.05) is 12.1 Å². The molecular weight excluding hydrogens is 270 g/mol. The van der Waals surface area contributed by atoms with Gasteiger partial charge in [-0.15, -0.1) is 0 Å². The molecule has 1 heterocycles. The van der Waals surface area contributed by atoms with Crippen LogP contribution in [0, 0.1) is 0 Å². The third-order valence-electron chi connectivity index (χ3n) is 2.76. The van der Waals surface area contributed by atoms with Gasteiger partial charge < -0.3 is 20.5 Å². The predicted octanol–water partition coefficient (Wildman–Crippen LogP) is 2.59. The fourth-order valence-electron chi connectivity index (χ4n) is 1.77. The monoisotopic (exact) mass is 287 g/mol. The summed E-state index contributed by atoms with van der Waals surface area (Å²) in [7, 11) is 1.30. The number of carbonyl (C=O) groups excluding carboxylic acids is 1. The van der Waals surface area contributed by atoms with Crippen molar-refractivity contribution in [2.24, 2.45) is 0 Å². The van der Waals surface area contributed by atoms with Gasteiger partial charge in [-0.2, -0.15) is 0 Å². The second-order valence-electron chi connectivity index (χ2n) is 4.18. The molecular formula is C15H17N3O3. The molecule has 0 saturated carbocycles. The van der Waals surface area contributed by atoms with Crippen molar-refractivity contribution in [2.75, 3.05) is 24.8 Å². The van der Waals surface area contributed by atoms with Crippen LogP contribution in [0.3, 0.4) is 0 Å². The SMILES string of the molecule is CCOc1ccccc1Nc1nc(C(=O)OC)ccc1N. The lowest BCUT2D eigenvalue weighted by Gasteiger charge is -2.13. The summed E-state index contributed by atoms with van der Waals surface area (Å²) in [6, 6.07) is 10.5. The van der Waals surface area contributed by atoms with E-state index in [9.17, 15) is 4.79 Å². The summed E-state index contributed by atoms with van der Waals surface area (Å²) < 4.78 is 10.2. The lowest BCUT2D eigenvalue weighted by atomic mass is 10.2. The van der Waals surface area contributed by atoms with Crippen molar-refractivity contribution in [2.45, 2.75) is 6.92 Å². The Morgan fingerprint density at radius 2 is 2.05 bits per heavy atom. The average Bonchev–Trinajstić information content (AvgIpc) is 2.51. The molecule has 0 bridgehead atoms. The molecule has 0 fully saturated rings. The van der Waals surface area contributed by atoms with E-state index in [4.69, 9.17) is 10.5 Å². The second kappa shape index (κ2) is 6.60. The lowest BCUT2D eigenvalue weighted by Crippen LogP contribution is -2.08. The summed E-state index contributed by atoms with van der Waals surface area (Å²) in [5.74, 6) is 0.547. The van der Waals surface area contributed by atoms with Crippen molar-refractivity contribution in [3.05, 3.63) is 42.1 Å². The molecule has 0 unspecified atom stereocenters.